The first-order valence-electron chi connectivity index (χ1n) is 9.47. The van der Waals surface area contributed by atoms with E-state index < -0.39 is 5.54 Å². The lowest BCUT2D eigenvalue weighted by molar-refractivity contribution is -0.126. The number of amides is 2. The van der Waals surface area contributed by atoms with Crippen LogP contribution in [0.3, 0.4) is 0 Å². The van der Waals surface area contributed by atoms with Crippen LogP contribution in [-0.2, 0) is 9.59 Å². The second-order valence-corrected chi connectivity index (χ2v) is 8.15. The molecule has 0 aromatic heterocycles. The van der Waals surface area contributed by atoms with Gasteiger partial charge in [-0.25, -0.2) is 0 Å². The standard InChI is InChI=1S/C18H32N4O2S/c1-4-5-6-7-8-9-10-21-12-13(15(19)23)11-14(21)22-17(25)20-16(24)18(22,2)3/h13-14H,4-12H2,1-3H3,(H2,19,23)(H,20,24,25). The van der Waals surface area contributed by atoms with Crippen LogP contribution in [0.1, 0.15) is 65.7 Å². The molecule has 2 saturated heterocycles. The minimum absolute atomic E-state index is 0.0467. The number of hydrogen-bond donors (Lipinski definition) is 2. The molecule has 142 valence electrons. The fourth-order valence-corrected chi connectivity index (χ4v) is 4.32. The molecule has 2 aliphatic rings. The maximum absolute atomic E-state index is 12.2. The van der Waals surface area contributed by atoms with Crippen LogP contribution in [0.2, 0.25) is 0 Å². The molecule has 0 aliphatic carbocycles. The molecule has 2 fully saturated rings. The lowest BCUT2D eigenvalue weighted by atomic mass is 10.0. The Morgan fingerprint density at radius 2 is 1.92 bits per heavy atom. The van der Waals surface area contributed by atoms with Crippen molar-refractivity contribution in [1.29, 1.82) is 0 Å². The molecular formula is C18H32N4O2S. The van der Waals surface area contributed by atoms with Crippen LogP contribution in [0, 0.1) is 5.92 Å². The van der Waals surface area contributed by atoms with E-state index in [2.05, 4.69) is 17.1 Å². The predicted octanol–water partition coefficient (Wildman–Crippen LogP) is 1.98. The molecule has 6 nitrogen and oxygen atoms in total. The van der Waals surface area contributed by atoms with Crippen molar-refractivity contribution in [3.8, 4) is 0 Å². The van der Waals surface area contributed by atoms with Gasteiger partial charge in [-0.1, -0.05) is 39.0 Å². The van der Waals surface area contributed by atoms with Crippen molar-refractivity contribution in [2.75, 3.05) is 13.1 Å². The van der Waals surface area contributed by atoms with Crippen LogP contribution in [-0.4, -0.2) is 51.5 Å². The first-order valence-corrected chi connectivity index (χ1v) is 9.88. The third kappa shape index (κ3) is 4.50. The molecular weight excluding hydrogens is 336 g/mol. The zero-order chi connectivity index (χ0) is 18.6. The minimum atomic E-state index is -0.701. The summed E-state index contributed by atoms with van der Waals surface area (Å²) in [6.45, 7) is 7.53. The van der Waals surface area contributed by atoms with Crippen LogP contribution < -0.4 is 11.1 Å². The van der Waals surface area contributed by atoms with Crippen molar-refractivity contribution in [3.05, 3.63) is 0 Å². The number of thiocarbonyl (C=S) groups is 1. The highest BCUT2D eigenvalue weighted by molar-refractivity contribution is 7.80. The predicted molar refractivity (Wildman–Crippen MR) is 103 cm³/mol. The molecule has 0 bridgehead atoms. The Kier molecular flexibility index (Phi) is 6.79. The Bertz CT molecular complexity index is 523. The van der Waals surface area contributed by atoms with Gasteiger partial charge in [-0.15, -0.1) is 0 Å². The second kappa shape index (κ2) is 8.45. The van der Waals surface area contributed by atoms with Gasteiger partial charge in [-0.2, -0.15) is 0 Å². The summed E-state index contributed by atoms with van der Waals surface area (Å²) in [5.41, 5.74) is 4.86. The number of likely N-dealkylation sites (tertiary alicyclic amines) is 1. The number of carbonyl (C=O) groups is 2. The lowest BCUT2D eigenvalue weighted by Crippen LogP contribution is -2.54. The van der Waals surface area contributed by atoms with E-state index in [4.69, 9.17) is 18.0 Å². The van der Waals surface area contributed by atoms with Gasteiger partial charge in [0.25, 0.3) is 5.91 Å². The Labute approximate surface area is 156 Å². The number of nitrogens with zero attached hydrogens (tertiary/aromatic N) is 2. The van der Waals surface area contributed by atoms with E-state index in [-0.39, 0.29) is 23.9 Å². The van der Waals surface area contributed by atoms with Gasteiger partial charge >= 0.3 is 0 Å². The third-order valence-electron chi connectivity index (χ3n) is 5.47. The highest BCUT2D eigenvalue weighted by Crippen LogP contribution is 2.33. The van der Waals surface area contributed by atoms with Gasteiger partial charge in [0, 0.05) is 13.1 Å². The van der Waals surface area contributed by atoms with E-state index >= 15 is 0 Å². The molecule has 0 saturated carbocycles. The Balaban J connectivity index is 2.01. The molecule has 0 aromatic carbocycles. The van der Waals surface area contributed by atoms with Crippen LogP contribution in [0.4, 0.5) is 0 Å². The van der Waals surface area contributed by atoms with Crippen LogP contribution in [0.5, 0.6) is 0 Å². The summed E-state index contributed by atoms with van der Waals surface area (Å²) in [4.78, 5) is 28.2. The quantitative estimate of drug-likeness (QED) is 0.481. The fourth-order valence-electron chi connectivity index (χ4n) is 3.87. The van der Waals surface area contributed by atoms with E-state index in [1.165, 1.54) is 32.1 Å². The zero-order valence-electron chi connectivity index (χ0n) is 15.7. The molecule has 0 aromatic rings. The summed E-state index contributed by atoms with van der Waals surface area (Å²) in [5, 5.41) is 3.22. The molecule has 25 heavy (non-hydrogen) atoms. The Hall–Kier alpha value is -1.21. The smallest absolute Gasteiger partial charge is 0.251 e. The molecule has 0 radical (unpaired) electrons. The van der Waals surface area contributed by atoms with Gasteiger partial charge in [-0.05, 0) is 38.9 Å². The van der Waals surface area contributed by atoms with E-state index in [1.54, 1.807) is 0 Å². The summed E-state index contributed by atoms with van der Waals surface area (Å²) in [5.74, 6) is -0.531. The normalized spacial score (nSPS) is 26.3. The highest BCUT2D eigenvalue weighted by Gasteiger charge is 2.51. The third-order valence-corrected chi connectivity index (χ3v) is 5.77. The number of nitrogens with one attached hydrogen (secondary N) is 1. The molecule has 2 aliphatic heterocycles. The molecule has 2 heterocycles. The van der Waals surface area contributed by atoms with E-state index in [0.29, 0.717) is 18.1 Å². The highest BCUT2D eigenvalue weighted by atomic mass is 32.1. The monoisotopic (exact) mass is 368 g/mol. The van der Waals surface area contributed by atoms with E-state index in [9.17, 15) is 9.59 Å². The summed E-state index contributed by atoms with van der Waals surface area (Å²) in [6, 6.07) is 0. The number of primary amides is 1. The number of rotatable bonds is 9. The molecule has 7 heteroatoms. The summed E-state index contributed by atoms with van der Waals surface area (Å²) in [7, 11) is 0. The Morgan fingerprint density at radius 3 is 2.48 bits per heavy atom. The molecule has 2 atom stereocenters. The molecule has 2 amide bonds. The summed E-state index contributed by atoms with van der Waals surface area (Å²) < 4.78 is 0. The molecule has 0 spiro atoms. The first kappa shape index (κ1) is 20.1. The van der Waals surface area contributed by atoms with Crippen molar-refractivity contribution in [3.63, 3.8) is 0 Å². The van der Waals surface area contributed by atoms with Crippen molar-refractivity contribution in [2.45, 2.75) is 77.4 Å². The van der Waals surface area contributed by atoms with E-state index in [0.717, 1.165) is 13.0 Å². The average molecular weight is 369 g/mol. The van der Waals surface area contributed by atoms with Gasteiger partial charge in [0.05, 0.1) is 12.1 Å². The lowest BCUT2D eigenvalue weighted by Gasteiger charge is -2.39. The summed E-state index contributed by atoms with van der Waals surface area (Å²) in [6.07, 6.45) is 7.93. The van der Waals surface area contributed by atoms with E-state index in [1.807, 2.05) is 18.7 Å². The molecule has 3 N–H and O–H groups in total. The van der Waals surface area contributed by atoms with Crippen LogP contribution >= 0.6 is 12.2 Å². The molecule has 2 rings (SSSR count). The minimum Gasteiger partial charge on any atom is -0.369 e. The van der Waals surface area contributed by atoms with Crippen molar-refractivity contribution in [1.82, 2.24) is 15.1 Å². The first-order chi connectivity index (χ1) is 11.8. The number of unbranched alkanes of at least 4 members (excludes halogenated alkanes) is 5. The van der Waals surface area contributed by atoms with Crippen LogP contribution in [0.25, 0.3) is 0 Å². The van der Waals surface area contributed by atoms with Gasteiger partial charge in [0.2, 0.25) is 5.91 Å². The maximum atomic E-state index is 12.2. The SMILES string of the molecule is CCCCCCCCN1CC(C(N)=O)CC1N1C(=S)NC(=O)C1(C)C. The van der Waals surface area contributed by atoms with Crippen molar-refractivity contribution in [2.24, 2.45) is 11.7 Å². The van der Waals surface area contributed by atoms with Gasteiger partial charge in [0.15, 0.2) is 5.11 Å². The number of hydrogen-bond acceptors (Lipinski definition) is 4. The zero-order valence-corrected chi connectivity index (χ0v) is 16.5. The average Bonchev–Trinajstić information content (AvgIpc) is 3.02. The Morgan fingerprint density at radius 1 is 1.28 bits per heavy atom. The number of nitrogens with two attached hydrogens (primary N) is 1. The number of carbonyl (C=O) groups excluding carboxylic acids is 2. The maximum Gasteiger partial charge on any atom is 0.251 e. The largest absolute Gasteiger partial charge is 0.369 e. The fraction of sp³-hybridized carbons (Fsp3) is 0.833. The van der Waals surface area contributed by atoms with Crippen LogP contribution in [0.15, 0.2) is 0 Å². The van der Waals surface area contributed by atoms with Crippen molar-refractivity contribution < 1.29 is 9.59 Å². The molecule has 2 unspecified atom stereocenters. The van der Waals surface area contributed by atoms with Gasteiger partial charge in [0.1, 0.15) is 5.54 Å². The van der Waals surface area contributed by atoms with Gasteiger partial charge in [-0.3, -0.25) is 14.5 Å². The van der Waals surface area contributed by atoms with Crippen molar-refractivity contribution >= 4 is 29.1 Å². The van der Waals surface area contributed by atoms with Gasteiger partial charge < -0.3 is 16.0 Å². The summed E-state index contributed by atoms with van der Waals surface area (Å²) >= 11 is 5.39. The topological polar surface area (TPSA) is 78.7 Å². The second-order valence-electron chi connectivity index (χ2n) is 7.77.